The van der Waals surface area contributed by atoms with Crippen molar-refractivity contribution in [2.75, 3.05) is 6.54 Å². The van der Waals surface area contributed by atoms with Crippen molar-refractivity contribution in [2.45, 2.75) is 39.4 Å². The molecule has 8 nitrogen and oxygen atoms in total. The Kier molecular flexibility index (Phi) is 6.69. The average Bonchev–Trinajstić information content (AvgIpc) is 3.28. The van der Waals surface area contributed by atoms with Gasteiger partial charge in [-0.15, -0.1) is 21.5 Å². The van der Waals surface area contributed by atoms with E-state index in [4.69, 9.17) is 4.99 Å². The van der Waals surface area contributed by atoms with Crippen molar-refractivity contribution in [2.24, 2.45) is 4.99 Å². The van der Waals surface area contributed by atoms with E-state index in [2.05, 4.69) is 22.0 Å². The zero-order valence-corrected chi connectivity index (χ0v) is 20.2. The number of aliphatic carboxylic acids is 1. The molecule has 1 aliphatic heterocycles. The van der Waals surface area contributed by atoms with Crippen LogP contribution in [0.2, 0.25) is 0 Å². The Bertz CT molecular complexity index is 1440. The molecule has 0 aliphatic carbocycles. The molecule has 36 heavy (non-hydrogen) atoms. The number of fused-ring (bicyclic) bond motifs is 3. The zero-order valence-electron chi connectivity index (χ0n) is 19.4. The van der Waals surface area contributed by atoms with Crippen LogP contribution in [0.4, 0.5) is 13.2 Å². The first-order chi connectivity index (χ1) is 17.0. The minimum atomic E-state index is -4.96. The summed E-state index contributed by atoms with van der Waals surface area (Å²) in [6.07, 6.45) is -5.22. The fourth-order valence-corrected chi connectivity index (χ4v) is 4.99. The monoisotopic (exact) mass is 515 g/mol. The number of rotatable bonds is 4. The van der Waals surface area contributed by atoms with E-state index < -0.39 is 30.6 Å². The molecule has 2 aromatic heterocycles. The molecule has 4 rings (SSSR count). The highest BCUT2D eigenvalue weighted by Crippen LogP contribution is 2.39. The van der Waals surface area contributed by atoms with Crippen LogP contribution >= 0.6 is 11.3 Å². The van der Waals surface area contributed by atoms with Gasteiger partial charge in [-0.2, -0.15) is 13.2 Å². The summed E-state index contributed by atoms with van der Waals surface area (Å²) in [5, 5.41) is 20.4. The van der Waals surface area contributed by atoms with E-state index in [9.17, 15) is 27.9 Å². The van der Waals surface area contributed by atoms with Crippen LogP contribution in [0.25, 0.3) is 5.00 Å². The molecule has 186 valence electrons. The number of hydrogen-bond donors (Lipinski definition) is 2. The lowest BCUT2D eigenvalue weighted by molar-refractivity contribution is -0.173. The lowest BCUT2D eigenvalue weighted by atomic mass is 9.98. The van der Waals surface area contributed by atoms with Gasteiger partial charge in [-0.1, -0.05) is 24.0 Å². The second-order valence-corrected chi connectivity index (χ2v) is 9.26. The molecule has 0 fully saturated rings. The number of alkyl halides is 3. The van der Waals surface area contributed by atoms with Gasteiger partial charge in [0.1, 0.15) is 16.9 Å². The van der Waals surface area contributed by atoms with E-state index in [1.807, 2.05) is 18.4 Å². The number of aryl methyl sites for hydroxylation is 2. The number of aromatic nitrogens is 3. The molecule has 1 aromatic carbocycles. The minimum absolute atomic E-state index is 0.262. The van der Waals surface area contributed by atoms with Gasteiger partial charge in [0, 0.05) is 21.6 Å². The third-order valence-electron chi connectivity index (χ3n) is 5.59. The molecule has 2 N–H and O–H groups in total. The highest BCUT2D eigenvalue weighted by Gasteiger charge is 2.38. The third kappa shape index (κ3) is 4.87. The fourth-order valence-electron chi connectivity index (χ4n) is 3.77. The van der Waals surface area contributed by atoms with E-state index in [-0.39, 0.29) is 6.42 Å². The Hall–Kier alpha value is -3.98. The molecule has 0 bridgehead atoms. The highest BCUT2D eigenvalue weighted by atomic mass is 32.1. The molecule has 0 radical (unpaired) electrons. The molecule has 3 heterocycles. The largest absolute Gasteiger partial charge is 0.481 e. The number of benzene rings is 1. The molecular weight excluding hydrogens is 495 g/mol. The van der Waals surface area contributed by atoms with Gasteiger partial charge in [-0.25, -0.2) is 0 Å². The Labute approximate surface area is 207 Å². The second-order valence-electron chi connectivity index (χ2n) is 8.06. The maximum absolute atomic E-state index is 12.3. The van der Waals surface area contributed by atoms with Gasteiger partial charge in [0.25, 0.3) is 0 Å². The molecule has 1 amide bonds. The molecule has 0 saturated heterocycles. The summed E-state index contributed by atoms with van der Waals surface area (Å²) in [7, 11) is 0. The smallest absolute Gasteiger partial charge is 0.471 e. The number of hydrogen-bond acceptors (Lipinski definition) is 6. The summed E-state index contributed by atoms with van der Waals surface area (Å²) in [6, 6.07) is 6.16. The molecule has 3 aromatic rings. The van der Waals surface area contributed by atoms with Crippen LogP contribution < -0.4 is 5.32 Å². The maximum Gasteiger partial charge on any atom is 0.471 e. The van der Waals surface area contributed by atoms with Crippen LogP contribution in [0.1, 0.15) is 51.2 Å². The van der Waals surface area contributed by atoms with Gasteiger partial charge in [-0.3, -0.25) is 19.1 Å². The first-order valence-corrected chi connectivity index (χ1v) is 11.6. The van der Waals surface area contributed by atoms with Crippen molar-refractivity contribution in [1.29, 1.82) is 0 Å². The fraction of sp³-hybridized carbons (Fsp3) is 0.292. The number of carboxylic acids is 1. The van der Waals surface area contributed by atoms with Gasteiger partial charge in [-0.05, 0) is 38.5 Å². The number of nitrogens with zero attached hydrogens (tertiary/aromatic N) is 4. The van der Waals surface area contributed by atoms with E-state index in [0.29, 0.717) is 22.9 Å². The van der Waals surface area contributed by atoms with Gasteiger partial charge < -0.3 is 10.4 Å². The molecular formula is C24H20F3N5O3S. The van der Waals surface area contributed by atoms with E-state index in [0.717, 1.165) is 26.6 Å². The van der Waals surface area contributed by atoms with Crippen LogP contribution in [0, 0.1) is 32.6 Å². The topological polar surface area (TPSA) is 109 Å². The maximum atomic E-state index is 12.3. The van der Waals surface area contributed by atoms with Crippen molar-refractivity contribution in [3.05, 3.63) is 63.0 Å². The molecule has 0 spiro atoms. The number of aliphatic imine (C=N–C) groups is 1. The molecule has 1 aliphatic rings. The zero-order chi connectivity index (χ0) is 26.2. The molecule has 12 heteroatoms. The number of amides is 1. The van der Waals surface area contributed by atoms with Crippen molar-refractivity contribution in [3.63, 3.8) is 0 Å². The quantitative estimate of drug-likeness (QED) is 0.516. The number of carbonyl (C=O) groups is 2. The average molecular weight is 516 g/mol. The van der Waals surface area contributed by atoms with Crippen molar-refractivity contribution in [3.8, 4) is 16.8 Å². The van der Waals surface area contributed by atoms with Gasteiger partial charge in [0.2, 0.25) is 0 Å². The highest BCUT2D eigenvalue weighted by molar-refractivity contribution is 7.15. The molecule has 1 atom stereocenters. The number of carbonyl (C=O) groups excluding carboxylic acids is 1. The Morgan fingerprint density at radius 3 is 2.50 bits per heavy atom. The Morgan fingerprint density at radius 2 is 1.86 bits per heavy atom. The lowest BCUT2D eigenvalue weighted by Crippen LogP contribution is -2.36. The third-order valence-corrected chi connectivity index (χ3v) is 6.79. The SMILES string of the molecule is Cc1sc2c(c1C)C(c1ccc(C#CCNC(=O)C(F)(F)F)cc1)=N[C@@H](CC(=O)O)c1nnc(C)n1-2. The van der Waals surface area contributed by atoms with Crippen LogP contribution in [0.15, 0.2) is 29.3 Å². The second kappa shape index (κ2) is 9.58. The summed E-state index contributed by atoms with van der Waals surface area (Å²) < 4.78 is 38.6. The van der Waals surface area contributed by atoms with Crippen molar-refractivity contribution in [1.82, 2.24) is 20.1 Å². The standard InChI is InChI=1S/C24H20F3N5O3S/c1-12-13(2)36-22-19(12)20(29-17(11-18(33)34)21-31-30-14(3)32(21)22)16-8-6-15(7-9-16)5-4-10-28-23(35)24(25,26)27/h6-9,17H,10-11H2,1-3H3,(H,28,35)(H,33,34)/t17-/m0/s1. The molecule has 0 saturated carbocycles. The van der Waals surface area contributed by atoms with E-state index in [1.165, 1.54) is 0 Å². The number of carboxylic acid groups (broad SMARTS) is 1. The van der Waals surface area contributed by atoms with Crippen LogP contribution in [-0.2, 0) is 9.59 Å². The predicted octanol–water partition coefficient (Wildman–Crippen LogP) is 3.65. The van der Waals surface area contributed by atoms with Gasteiger partial charge in [0.05, 0.1) is 18.7 Å². The van der Waals surface area contributed by atoms with Crippen molar-refractivity contribution >= 4 is 28.9 Å². The molecule has 0 unspecified atom stereocenters. The number of thiophene rings is 1. The lowest BCUT2D eigenvalue weighted by Gasteiger charge is -2.11. The first kappa shape index (κ1) is 25.1. The Balaban J connectivity index is 1.70. The van der Waals surface area contributed by atoms with Gasteiger partial charge >= 0.3 is 18.1 Å². The normalized spacial score (nSPS) is 14.6. The number of nitrogens with one attached hydrogen (secondary N) is 1. The Morgan fingerprint density at radius 1 is 1.17 bits per heavy atom. The summed E-state index contributed by atoms with van der Waals surface area (Å²) in [4.78, 5) is 28.4. The first-order valence-electron chi connectivity index (χ1n) is 10.7. The van der Waals surface area contributed by atoms with Gasteiger partial charge in [0.15, 0.2) is 5.82 Å². The van der Waals surface area contributed by atoms with Crippen LogP contribution in [0.5, 0.6) is 0 Å². The summed E-state index contributed by atoms with van der Waals surface area (Å²) in [5.74, 6) is 3.22. The van der Waals surface area contributed by atoms with Crippen LogP contribution in [0.3, 0.4) is 0 Å². The van der Waals surface area contributed by atoms with E-state index >= 15 is 0 Å². The summed E-state index contributed by atoms with van der Waals surface area (Å²) in [5.41, 5.74) is 3.73. The number of halogens is 3. The predicted molar refractivity (Wildman–Crippen MR) is 126 cm³/mol. The van der Waals surface area contributed by atoms with Crippen molar-refractivity contribution < 1.29 is 27.9 Å². The summed E-state index contributed by atoms with van der Waals surface area (Å²) >= 11 is 1.55. The summed E-state index contributed by atoms with van der Waals surface area (Å²) in [6.45, 7) is 5.33. The van der Waals surface area contributed by atoms with Crippen LogP contribution in [-0.4, -0.2) is 50.2 Å². The minimum Gasteiger partial charge on any atom is -0.481 e. The van der Waals surface area contributed by atoms with E-state index in [1.54, 1.807) is 47.8 Å².